The molecule has 0 amide bonds. The van der Waals surface area contributed by atoms with E-state index in [-0.39, 0.29) is 10.6 Å². The number of aliphatic hydroxyl groups is 1. The number of halogens is 6. The predicted molar refractivity (Wildman–Crippen MR) is 233 cm³/mol. The van der Waals surface area contributed by atoms with Crippen molar-refractivity contribution in [2.75, 3.05) is 17.3 Å². The van der Waals surface area contributed by atoms with E-state index in [4.69, 9.17) is 5.11 Å². The Hall–Kier alpha value is -6.27. The van der Waals surface area contributed by atoms with Gasteiger partial charge < -0.3 is 10.0 Å². The second-order valence-corrected chi connectivity index (χ2v) is 19.7. The maximum atomic E-state index is 13.0. The molecule has 0 saturated heterocycles. The van der Waals surface area contributed by atoms with Gasteiger partial charge in [0.25, 0.3) is 19.7 Å². The molecule has 326 valence electrons. The number of benzene rings is 6. The minimum absolute atomic E-state index is 0.112. The van der Waals surface area contributed by atoms with Crippen LogP contribution < -0.4 is 4.90 Å². The van der Waals surface area contributed by atoms with Gasteiger partial charge >= 0.3 is 11.0 Å². The van der Waals surface area contributed by atoms with Crippen molar-refractivity contribution in [1.82, 2.24) is 0 Å². The van der Waals surface area contributed by atoms with Crippen molar-refractivity contribution < 1.29 is 56.7 Å². The first-order chi connectivity index (χ1) is 29.7. The van der Waals surface area contributed by atoms with E-state index in [1.807, 2.05) is 89.8 Å². The molecule has 0 aliphatic rings. The summed E-state index contributed by atoms with van der Waals surface area (Å²) < 4.78 is 149. The molecule has 0 aliphatic heterocycles. The van der Waals surface area contributed by atoms with Gasteiger partial charge in [-0.15, -0.1) is 0 Å². The van der Waals surface area contributed by atoms with E-state index in [1.54, 1.807) is 36.4 Å². The lowest BCUT2D eigenvalue weighted by molar-refractivity contribution is -0.0442. The van der Waals surface area contributed by atoms with Crippen LogP contribution in [-0.2, 0) is 29.5 Å². The zero-order chi connectivity index (χ0) is 45.6. The van der Waals surface area contributed by atoms with E-state index in [2.05, 4.69) is 0 Å². The van der Waals surface area contributed by atoms with Gasteiger partial charge in [0, 0.05) is 17.1 Å². The van der Waals surface area contributed by atoms with Crippen LogP contribution in [0.25, 0.3) is 36.5 Å². The summed E-state index contributed by atoms with van der Waals surface area (Å²) in [5, 5.41) is 9.06. The Kier molecular flexibility index (Phi) is 13.7. The fourth-order valence-corrected chi connectivity index (χ4v) is 8.59. The van der Waals surface area contributed by atoms with E-state index < -0.39 is 56.9 Å². The maximum Gasteiger partial charge on any atom is 0.501 e. The smallest absolute Gasteiger partial charge is 0.395 e. The van der Waals surface area contributed by atoms with Gasteiger partial charge in [0.05, 0.1) is 27.0 Å². The Balaban J connectivity index is 1.24. The van der Waals surface area contributed by atoms with Gasteiger partial charge in [-0.2, -0.15) is 26.3 Å². The summed E-state index contributed by atoms with van der Waals surface area (Å²) >= 11 is 0. The largest absolute Gasteiger partial charge is 0.501 e. The Morgan fingerprint density at radius 1 is 0.381 bits per heavy atom. The van der Waals surface area contributed by atoms with Crippen LogP contribution in [0.5, 0.6) is 0 Å². The molecule has 0 atom stereocenters. The van der Waals surface area contributed by atoms with E-state index in [0.717, 1.165) is 63.6 Å². The van der Waals surface area contributed by atoms with Crippen molar-refractivity contribution in [1.29, 1.82) is 0 Å². The molecule has 6 aromatic carbocycles. The number of sulfone groups is 3. The molecule has 0 bridgehead atoms. The van der Waals surface area contributed by atoms with E-state index in [9.17, 15) is 51.6 Å². The van der Waals surface area contributed by atoms with Crippen LogP contribution in [-0.4, -0.2) is 53.7 Å². The number of alkyl halides is 6. The highest BCUT2D eigenvalue weighted by Crippen LogP contribution is 2.36. The second-order valence-electron chi connectivity index (χ2n) is 13.8. The van der Waals surface area contributed by atoms with Crippen molar-refractivity contribution >= 4 is 83.0 Å². The lowest BCUT2D eigenvalue weighted by Crippen LogP contribution is -2.23. The van der Waals surface area contributed by atoms with Crippen molar-refractivity contribution in [3.8, 4) is 0 Å². The average molecular weight is 924 g/mol. The van der Waals surface area contributed by atoms with Crippen molar-refractivity contribution in [3.05, 3.63) is 179 Å². The number of hydrogen-bond donors (Lipinski definition) is 1. The van der Waals surface area contributed by atoms with Crippen LogP contribution in [0, 0.1) is 0 Å². The molecule has 0 fully saturated rings. The predicted octanol–water partition coefficient (Wildman–Crippen LogP) is 11.0. The quantitative estimate of drug-likeness (QED) is 0.0845. The molecule has 8 nitrogen and oxygen atoms in total. The van der Waals surface area contributed by atoms with Gasteiger partial charge in [-0.1, -0.05) is 109 Å². The Labute approximate surface area is 360 Å². The third-order valence-electron chi connectivity index (χ3n) is 9.45. The average Bonchev–Trinajstić information content (AvgIpc) is 3.25. The van der Waals surface area contributed by atoms with Gasteiger partial charge in [0.2, 0.25) is 0 Å². The molecule has 0 heterocycles. The molecule has 1 N–H and O–H groups in total. The van der Waals surface area contributed by atoms with Crippen LogP contribution in [0.15, 0.2) is 160 Å². The van der Waals surface area contributed by atoms with Crippen LogP contribution in [0.4, 0.5) is 43.4 Å². The summed E-state index contributed by atoms with van der Waals surface area (Å²) in [6.45, 7) is -0.479. The lowest BCUT2D eigenvalue weighted by atomic mass is 10.1. The zero-order valence-corrected chi connectivity index (χ0v) is 35.0. The van der Waals surface area contributed by atoms with Gasteiger partial charge in [0.15, 0.2) is 9.84 Å². The minimum atomic E-state index is -5.47. The summed E-state index contributed by atoms with van der Waals surface area (Å²) in [5.74, 6) is -0.370. The molecule has 17 heteroatoms. The highest BCUT2D eigenvalue weighted by Gasteiger charge is 2.47. The van der Waals surface area contributed by atoms with Crippen LogP contribution in [0.1, 0.15) is 33.4 Å². The second kappa shape index (κ2) is 18.6. The standard InChI is InChI=1S/C46H35F6NO7S3/c47-45(48,49)62(57,58)43-27-15-37(16-28-43)5-2-34-9-21-40(22-10-34)53(39-19-7-33(8-20-39)1-4-36-13-25-42(26-14-36)61(55,56)32-31-54)41-23-11-35(12-24-41)3-6-38-17-29-44(30-18-38)63(59,60)46(50,51)52/h1-30,54H,31-32H2/b4-1+,5-2+,6-3+. The Bertz CT molecular complexity index is 2830. The molecule has 63 heavy (non-hydrogen) atoms. The van der Waals surface area contributed by atoms with E-state index >= 15 is 0 Å². The fraction of sp³-hybridized carbons (Fsp3) is 0.0870. The first kappa shape index (κ1) is 46.2. The van der Waals surface area contributed by atoms with E-state index in [0.29, 0.717) is 11.1 Å². The Morgan fingerprint density at radius 3 is 0.825 bits per heavy atom. The number of hydrogen-bond acceptors (Lipinski definition) is 8. The van der Waals surface area contributed by atoms with Gasteiger partial charge in [-0.05, 0) is 106 Å². The summed E-state index contributed by atoms with van der Waals surface area (Å²) in [6.07, 6.45) is 10.4. The van der Waals surface area contributed by atoms with Crippen molar-refractivity contribution in [2.24, 2.45) is 0 Å². The minimum Gasteiger partial charge on any atom is -0.395 e. The molecule has 6 rings (SSSR count). The molecule has 0 spiro atoms. The van der Waals surface area contributed by atoms with Crippen LogP contribution in [0.3, 0.4) is 0 Å². The molecule has 0 radical (unpaired) electrons. The fourth-order valence-electron chi connectivity index (χ4n) is 6.04. The third-order valence-corrected chi connectivity index (χ3v) is 14.2. The molecule has 0 aromatic heterocycles. The zero-order valence-electron chi connectivity index (χ0n) is 32.6. The third kappa shape index (κ3) is 11.0. The Morgan fingerprint density at radius 2 is 0.603 bits per heavy atom. The lowest BCUT2D eigenvalue weighted by Gasteiger charge is -2.26. The molecule has 0 unspecified atom stereocenters. The molecule has 6 aromatic rings. The van der Waals surface area contributed by atoms with Gasteiger partial charge in [0.1, 0.15) is 0 Å². The maximum absolute atomic E-state index is 13.0. The summed E-state index contributed by atoms with van der Waals surface area (Å²) in [7, 11) is -14.5. The van der Waals surface area contributed by atoms with Crippen LogP contribution >= 0.6 is 0 Å². The first-order valence-corrected chi connectivity index (χ1v) is 23.2. The highest BCUT2D eigenvalue weighted by molar-refractivity contribution is 7.92. The SMILES string of the molecule is O=S(=O)(CCO)c1ccc(/C=C/c2ccc(N(c3ccc(/C=C/c4ccc(S(=O)(=O)C(F)(F)F)cc4)cc3)c3ccc(/C=C/c4ccc(S(=O)(=O)C(F)(F)F)cc4)cc3)cc2)cc1. The number of rotatable bonds is 14. The van der Waals surface area contributed by atoms with Crippen molar-refractivity contribution in [2.45, 2.75) is 25.7 Å². The topological polar surface area (TPSA) is 126 Å². The number of nitrogens with zero attached hydrogens (tertiary/aromatic N) is 1. The summed E-state index contributed by atoms with van der Waals surface area (Å²) in [6, 6.07) is 37.2. The summed E-state index contributed by atoms with van der Waals surface area (Å²) in [4.78, 5) is 0.365. The molecule has 0 saturated carbocycles. The van der Waals surface area contributed by atoms with Gasteiger partial charge in [-0.25, -0.2) is 25.3 Å². The summed E-state index contributed by atoms with van der Waals surface area (Å²) in [5.41, 5.74) is -4.59. The van der Waals surface area contributed by atoms with Gasteiger partial charge in [-0.3, -0.25) is 0 Å². The number of anilines is 3. The molecular formula is C46H35F6NO7S3. The monoisotopic (exact) mass is 923 g/mol. The van der Waals surface area contributed by atoms with Crippen molar-refractivity contribution in [3.63, 3.8) is 0 Å². The normalized spacial score (nSPS) is 13.0. The molecular weight excluding hydrogens is 889 g/mol. The van der Waals surface area contributed by atoms with E-state index in [1.165, 1.54) is 36.4 Å². The molecule has 0 aliphatic carbocycles. The highest BCUT2D eigenvalue weighted by atomic mass is 32.2. The number of aliphatic hydroxyl groups excluding tert-OH is 1. The first-order valence-electron chi connectivity index (χ1n) is 18.6. The van der Waals surface area contributed by atoms with Crippen LogP contribution in [0.2, 0.25) is 0 Å².